The highest BCUT2D eigenvalue weighted by atomic mass is 16.1. The van der Waals surface area contributed by atoms with E-state index in [0.29, 0.717) is 36.9 Å². The van der Waals surface area contributed by atoms with Crippen molar-refractivity contribution in [3.05, 3.63) is 0 Å². The maximum atomic E-state index is 12.5. The van der Waals surface area contributed by atoms with Crippen LogP contribution >= 0.6 is 0 Å². The van der Waals surface area contributed by atoms with Crippen LogP contribution in [0.3, 0.4) is 0 Å². The summed E-state index contributed by atoms with van der Waals surface area (Å²) in [4.78, 5) is 24.4. The van der Waals surface area contributed by atoms with Gasteiger partial charge < -0.3 is 0 Å². The maximum absolute atomic E-state index is 12.5. The maximum Gasteiger partial charge on any atom is 0.140 e. The number of carbonyl (C=O) groups excluding carboxylic acids is 2. The van der Waals surface area contributed by atoms with Gasteiger partial charge >= 0.3 is 0 Å². The Morgan fingerprint density at radius 3 is 2.59 bits per heavy atom. The number of ketones is 2. The summed E-state index contributed by atoms with van der Waals surface area (Å²) in [5, 5.41) is 0. The third-order valence-corrected chi connectivity index (χ3v) is 5.35. The summed E-state index contributed by atoms with van der Waals surface area (Å²) in [6.07, 6.45) is 3.96. The molecule has 0 radical (unpaired) electrons. The molecular weight excluding hydrogens is 212 g/mol. The third kappa shape index (κ3) is 1.68. The SMILES string of the molecule is CCC(=O)C[C@@]12C(=O)CC(C)(C)[C@@H]1CC[C@@H]2C. The molecule has 0 aromatic rings. The van der Waals surface area contributed by atoms with Gasteiger partial charge in [0.2, 0.25) is 0 Å². The van der Waals surface area contributed by atoms with Crippen molar-refractivity contribution in [1.29, 1.82) is 0 Å². The van der Waals surface area contributed by atoms with E-state index < -0.39 is 0 Å². The quantitative estimate of drug-likeness (QED) is 0.752. The topological polar surface area (TPSA) is 34.1 Å². The van der Waals surface area contributed by atoms with Crippen molar-refractivity contribution in [1.82, 2.24) is 0 Å². The molecule has 3 atom stereocenters. The lowest BCUT2D eigenvalue weighted by Gasteiger charge is -2.35. The van der Waals surface area contributed by atoms with E-state index in [9.17, 15) is 9.59 Å². The van der Waals surface area contributed by atoms with Crippen molar-refractivity contribution in [3.63, 3.8) is 0 Å². The molecule has 17 heavy (non-hydrogen) atoms. The first-order valence-corrected chi connectivity index (χ1v) is 6.89. The number of Topliss-reactive ketones (excluding diaryl/α,β-unsaturated/α-hetero) is 2. The molecular formula is C15H24O2. The van der Waals surface area contributed by atoms with E-state index in [4.69, 9.17) is 0 Å². The van der Waals surface area contributed by atoms with Gasteiger partial charge in [0.1, 0.15) is 11.6 Å². The first-order chi connectivity index (χ1) is 7.84. The highest BCUT2D eigenvalue weighted by molar-refractivity contribution is 5.94. The predicted octanol–water partition coefficient (Wildman–Crippen LogP) is 3.39. The zero-order chi connectivity index (χ0) is 12.8. The fourth-order valence-corrected chi connectivity index (χ4v) is 4.38. The van der Waals surface area contributed by atoms with Crippen molar-refractivity contribution < 1.29 is 9.59 Å². The van der Waals surface area contributed by atoms with Gasteiger partial charge in [-0.3, -0.25) is 9.59 Å². The Morgan fingerprint density at radius 1 is 1.35 bits per heavy atom. The average molecular weight is 236 g/mol. The Balaban J connectivity index is 2.38. The van der Waals surface area contributed by atoms with E-state index in [1.165, 1.54) is 0 Å². The van der Waals surface area contributed by atoms with Gasteiger partial charge in [-0.2, -0.15) is 0 Å². The molecule has 0 heterocycles. The van der Waals surface area contributed by atoms with E-state index in [-0.39, 0.29) is 16.6 Å². The molecule has 0 aromatic carbocycles. The van der Waals surface area contributed by atoms with Gasteiger partial charge in [-0.1, -0.05) is 27.7 Å². The van der Waals surface area contributed by atoms with Crippen LogP contribution in [0.25, 0.3) is 0 Å². The molecule has 0 unspecified atom stereocenters. The van der Waals surface area contributed by atoms with Gasteiger partial charge in [-0.25, -0.2) is 0 Å². The second-order valence-electron chi connectivity index (χ2n) is 6.73. The molecule has 2 aliphatic rings. The molecule has 2 rings (SSSR count). The molecule has 0 aromatic heterocycles. The number of hydrogen-bond donors (Lipinski definition) is 0. The third-order valence-electron chi connectivity index (χ3n) is 5.35. The minimum absolute atomic E-state index is 0.0931. The number of carbonyl (C=O) groups is 2. The largest absolute Gasteiger partial charge is 0.300 e. The van der Waals surface area contributed by atoms with Gasteiger partial charge in [-0.15, -0.1) is 0 Å². The molecule has 0 bridgehead atoms. The van der Waals surface area contributed by atoms with Gasteiger partial charge in [0.25, 0.3) is 0 Å². The van der Waals surface area contributed by atoms with Crippen molar-refractivity contribution in [3.8, 4) is 0 Å². The van der Waals surface area contributed by atoms with Gasteiger partial charge in [0.05, 0.1) is 0 Å². The smallest absolute Gasteiger partial charge is 0.140 e. The number of rotatable bonds is 3. The van der Waals surface area contributed by atoms with Crippen LogP contribution < -0.4 is 0 Å². The lowest BCUT2D eigenvalue weighted by atomic mass is 9.66. The highest BCUT2D eigenvalue weighted by Gasteiger charge is 2.63. The fourth-order valence-electron chi connectivity index (χ4n) is 4.38. The van der Waals surface area contributed by atoms with Crippen molar-refractivity contribution in [2.45, 2.75) is 59.8 Å². The summed E-state index contributed by atoms with van der Waals surface area (Å²) in [6, 6.07) is 0. The Bertz CT molecular complexity index is 356. The molecule has 0 amide bonds. The molecule has 0 spiro atoms. The fraction of sp³-hybridized carbons (Fsp3) is 0.867. The molecule has 0 saturated heterocycles. The second-order valence-corrected chi connectivity index (χ2v) is 6.73. The van der Waals surface area contributed by atoms with Crippen LogP contribution in [0.4, 0.5) is 0 Å². The van der Waals surface area contributed by atoms with Crippen LogP contribution in [0.2, 0.25) is 0 Å². The van der Waals surface area contributed by atoms with Crippen LogP contribution in [0.15, 0.2) is 0 Å². The zero-order valence-corrected chi connectivity index (χ0v) is 11.5. The highest BCUT2D eigenvalue weighted by Crippen LogP contribution is 2.64. The summed E-state index contributed by atoms with van der Waals surface area (Å²) < 4.78 is 0. The van der Waals surface area contributed by atoms with Crippen LogP contribution in [-0.2, 0) is 9.59 Å². The number of fused-ring (bicyclic) bond motifs is 1. The van der Waals surface area contributed by atoms with E-state index >= 15 is 0 Å². The minimum Gasteiger partial charge on any atom is -0.300 e. The van der Waals surface area contributed by atoms with E-state index in [1.807, 2.05) is 6.92 Å². The van der Waals surface area contributed by atoms with Crippen LogP contribution in [0.1, 0.15) is 59.8 Å². The monoisotopic (exact) mass is 236 g/mol. The predicted molar refractivity (Wildman–Crippen MR) is 67.6 cm³/mol. The Labute approximate surface area is 104 Å². The minimum atomic E-state index is -0.309. The normalized spacial score (nSPS) is 39.4. The summed E-state index contributed by atoms with van der Waals surface area (Å²) in [7, 11) is 0. The molecule has 2 saturated carbocycles. The van der Waals surface area contributed by atoms with Crippen LogP contribution in [0.5, 0.6) is 0 Å². The van der Waals surface area contributed by atoms with Crippen LogP contribution in [0, 0.1) is 22.7 Å². The summed E-state index contributed by atoms with van der Waals surface area (Å²) >= 11 is 0. The summed E-state index contributed by atoms with van der Waals surface area (Å²) in [5.41, 5.74) is -0.216. The van der Waals surface area contributed by atoms with Crippen molar-refractivity contribution in [2.75, 3.05) is 0 Å². The lowest BCUT2D eigenvalue weighted by Crippen LogP contribution is -2.37. The Morgan fingerprint density at radius 2 is 2.00 bits per heavy atom. The number of hydrogen-bond acceptors (Lipinski definition) is 2. The van der Waals surface area contributed by atoms with E-state index in [2.05, 4.69) is 20.8 Å². The second kappa shape index (κ2) is 3.93. The van der Waals surface area contributed by atoms with Gasteiger partial charge in [0.15, 0.2) is 0 Å². The molecule has 2 aliphatic carbocycles. The summed E-state index contributed by atoms with van der Waals surface area (Å²) in [5.74, 6) is 1.43. The van der Waals surface area contributed by atoms with Crippen LogP contribution in [-0.4, -0.2) is 11.6 Å². The van der Waals surface area contributed by atoms with Gasteiger partial charge in [0, 0.05) is 24.7 Å². The Kier molecular flexibility index (Phi) is 2.95. The summed E-state index contributed by atoms with van der Waals surface area (Å²) in [6.45, 7) is 8.47. The van der Waals surface area contributed by atoms with Gasteiger partial charge in [-0.05, 0) is 30.1 Å². The Hall–Kier alpha value is -0.660. The standard InChI is InChI=1S/C15H24O2/c1-5-11(16)8-15-10(2)6-7-12(15)14(3,4)9-13(15)17/h10,12H,5-9H2,1-4H3/t10-,12-,15-/m0/s1. The zero-order valence-electron chi connectivity index (χ0n) is 11.5. The first kappa shape index (κ1) is 12.8. The average Bonchev–Trinajstić information content (AvgIpc) is 2.65. The van der Waals surface area contributed by atoms with E-state index in [1.54, 1.807) is 0 Å². The first-order valence-electron chi connectivity index (χ1n) is 6.89. The molecule has 0 N–H and O–H groups in total. The molecule has 0 aliphatic heterocycles. The molecule has 96 valence electrons. The molecule has 2 heteroatoms. The van der Waals surface area contributed by atoms with Crippen molar-refractivity contribution >= 4 is 11.6 Å². The lowest BCUT2D eigenvalue weighted by molar-refractivity contribution is -0.134. The molecule has 2 nitrogen and oxygen atoms in total. The molecule has 2 fully saturated rings. The van der Waals surface area contributed by atoms with Crippen molar-refractivity contribution in [2.24, 2.45) is 22.7 Å². The van der Waals surface area contributed by atoms with E-state index in [0.717, 1.165) is 12.8 Å².